The molecule has 0 bridgehead atoms. The zero-order chi connectivity index (χ0) is 13.8. The normalized spacial score (nSPS) is 15.1. The van der Waals surface area contributed by atoms with Gasteiger partial charge < -0.3 is 9.64 Å². The van der Waals surface area contributed by atoms with Crippen molar-refractivity contribution in [2.24, 2.45) is 0 Å². The molecule has 1 fully saturated rings. The summed E-state index contributed by atoms with van der Waals surface area (Å²) in [5, 5.41) is 0. The van der Waals surface area contributed by atoms with Crippen LogP contribution >= 0.6 is 0 Å². The number of amides is 1. The summed E-state index contributed by atoms with van der Waals surface area (Å²) in [5.74, 6) is 1.56. The van der Waals surface area contributed by atoms with Gasteiger partial charge in [-0.15, -0.1) is 0 Å². The quantitative estimate of drug-likeness (QED) is 0.834. The van der Waals surface area contributed by atoms with E-state index in [1.54, 1.807) is 7.11 Å². The van der Waals surface area contributed by atoms with Crippen LogP contribution in [0.15, 0.2) is 18.2 Å². The van der Waals surface area contributed by atoms with Gasteiger partial charge in [0.25, 0.3) is 0 Å². The number of methoxy groups -OCH3 is 1. The lowest BCUT2D eigenvalue weighted by Crippen LogP contribution is -2.29. The molecule has 2 rings (SSSR count). The van der Waals surface area contributed by atoms with Crippen molar-refractivity contribution >= 4 is 5.91 Å². The molecule has 1 amide bonds. The Morgan fingerprint density at radius 3 is 2.58 bits per heavy atom. The molecule has 1 aliphatic rings. The topological polar surface area (TPSA) is 29.5 Å². The van der Waals surface area contributed by atoms with E-state index in [9.17, 15) is 4.79 Å². The van der Waals surface area contributed by atoms with Crippen molar-refractivity contribution in [3.63, 3.8) is 0 Å². The van der Waals surface area contributed by atoms with E-state index in [2.05, 4.69) is 19.9 Å². The first-order valence-corrected chi connectivity index (χ1v) is 7.06. The molecule has 104 valence electrons. The number of hydrogen-bond donors (Lipinski definition) is 0. The van der Waals surface area contributed by atoms with Gasteiger partial charge in [0, 0.05) is 13.1 Å². The zero-order valence-corrected chi connectivity index (χ0v) is 12.1. The number of hydrogen-bond acceptors (Lipinski definition) is 2. The van der Waals surface area contributed by atoms with Crippen molar-refractivity contribution in [2.45, 2.75) is 39.0 Å². The van der Waals surface area contributed by atoms with Crippen molar-refractivity contribution < 1.29 is 9.53 Å². The molecule has 0 aliphatic carbocycles. The smallest absolute Gasteiger partial charge is 0.226 e. The molecule has 0 saturated carbocycles. The summed E-state index contributed by atoms with van der Waals surface area (Å²) in [5.41, 5.74) is 2.26. The molecule has 1 saturated heterocycles. The van der Waals surface area contributed by atoms with Crippen molar-refractivity contribution in [1.82, 2.24) is 4.90 Å². The summed E-state index contributed by atoms with van der Waals surface area (Å²) in [6.45, 7) is 6.13. The SMILES string of the molecule is COc1ccc(CC(=O)N2CCCC2)cc1C(C)C. The number of rotatable bonds is 4. The van der Waals surface area contributed by atoms with Crippen molar-refractivity contribution in [3.05, 3.63) is 29.3 Å². The van der Waals surface area contributed by atoms with Crippen molar-refractivity contribution in [3.8, 4) is 5.75 Å². The third-order valence-electron chi connectivity index (χ3n) is 3.73. The molecular formula is C16H23NO2. The van der Waals surface area contributed by atoms with Gasteiger partial charge in [-0.3, -0.25) is 4.79 Å². The minimum atomic E-state index is 0.248. The van der Waals surface area contributed by atoms with Crippen LogP contribution in [0.4, 0.5) is 0 Å². The minimum Gasteiger partial charge on any atom is -0.496 e. The number of benzene rings is 1. The molecule has 3 nitrogen and oxygen atoms in total. The van der Waals surface area contributed by atoms with Crippen LogP contribution < -0.4 is 4.74 Å². The molecular weight excluding hydrogens is 238 g/mol. The van der Waals surface area contributed by atoms with Gasteiger partial charge in [0.1, 0.15) is 5.75 Å². The summed E-state index contributed by atoms with van der Waals surface area (Å²) >= 11 is 0. The fourth-order valence-corrected chi connectivity index (χ4v) is 2.60. The first-order chi connectivity index (χ1) is 9.11. The monoisotopic (exact) mass is 261 g/mol. The van der Waals surface area contributed by atoms with E-state index in [1.807, 2.05) is 17.0 Å². The molecule has 0 radical (unpaired) electrons. The van der Waals surface area contributed by atoms with E-state index in [0.29, 0.717) is 12.3 Å². The van der Waals surface area contributed by atoms with Gasteiger partial charge in [0.2, 0.25) is 5.91 Å². The second kappa shape index (κ2) is 6.09. The number of carbonyl (C=O) groups excluding carboxylic acids is 1. The maximum atomic E-state index is 12.1. The van der Waals surface area contributed by atoms with Crippen LogP contribution in [-0.2, 0) is 11.2 Å². The van der Waals surface area contributed by atoms with E-state index >= 15 is 0 Å². The zero-order valence-electron chi connectivity index (χ0n) is 12.1. The molecule has 3 heteroatoms. The van der Waals surface area contributed by atoms with Gasteiger partial charge >= 0.3 is 0 Å². The fourth-order valence-electron chi connectivity index (χ4n) is 2.60. The van der Waals surface area contributed by atoms with E-state index in [0.717, 1.165) is 37.2 Å². The standard InChI is InChI=1S/C16H23NO2/c1-12(2)14-10-13(6-7-15(14)19-3)11-16(18)17-8-4-5-9-17/h6-7,10,12H,4-5,8-9,11H2,1-3H3. The van der Waals surface area contributed by atoms with Crippen LogP contribution in [0.2, 0.25) is 0 Å². The Bertz CT molecular complexity index is 448. The second-order valence-corrected chi connectivity index (χ2v) is 5.50. The van der Waals surface area contributed by atoms with Gasteiger partial charge in [0.15, 0.2) is 0 Å². The molecule has 0 unspecified atom stereocenters. The Morgan fingerprint density at radius 1 is 1.32 bits per heavy atom. The first-order valence-electron chi connectivity index (χ1n) is 7.06. The molecule has 1 aliphatic heterocycles. The van der Waals surface area contributed by atoms with Crippen LogP contribution in [-0.4, -0.2) is 31.0 Å². The third kappa shape index (κ3) is 3.28. The Kier molecular flexibility index (Phi) is 4.46. The lowest BCUT2D eigenvalue weighted by atomic mass is 9.98. The van der Waals surface area contributed by atoms with Crippen LogP contribution in [0.3, 0.4) is 0 Å². The van der Waals surface area contributed by atoms with Crippen LogP contribution in [0.5, 0.6) is 5.75 Å². The number of nitrogens with zero attached hydrogens (tertiary/aromatic N) is 1. The average Bonchev–Trinajstić information content (AvgIpc) is 2.92. The summed E-state index contributed by atoms with van der Waals surface area (Å²) < 4.78 is 5.37. The maximum absolute atomic E-state index is 12.1. The minimum absolute atomic E-state index is 0.248. The Morgan fingerprint density at radius 2 is 2.00 bits per heavy atom. The highest BCUT2D eigenvalue weighted by atomic mass is 16.5. The van der Waals surface area contributed by atoms with E-state index in [-0.39, 0.29) is 5.91 Å². The molecule has 1 aromatic rings. The predicted octanol–water partition coefficient (Wildman–Crippen LogP) is 2.98. The molecule has 0 aromatic heterocycles. The summed E-state index contributed by atoms with van der Waals surface area (Å²) in [7, 11) is 1.69. The maximum Gasteiger partial charge on any atom is 0.226 e. The number of carbonyl (C=O) groups is 1. The number of ether oxygens (including phenoxy) is 1. The fraction of sp³-hybridized carbons (Fsp3) is 0.562. The van der Waals surface area contributed by atoms with Gasteiger partial charge in [-0.05, 0) is 36.0 Å². The predicted molar refractivity (Wildman–Crippen MR) is 76.6 cm³/mol. The molecule has 1 aromatic carbocycles. The van der Waals surface area contributed by atoms with Gasteiger partial charge in [-0.25, -0.2) is 0 Å². The second-order valence-electron chi connectivity index (χ2n) is 5.50. The highest BCUT2D eigenvalue weighted by Crippen LogP contribution is 2.27. The molecule has 19 heavy (non-hydrogen) atoms. The van der Waals surface area contributed by atoms with Gasteiger partial charge in [0.05, 0.1) is 13.5 Å². The number of likely N-dealkylation sites (tertiary alicyclic amines) is 1. The van der Waals surface area contributed by atoms with E-state index < -0.39 is 0 Å². The average molecular weight is 261 g/mol. The summed E-state index contributed by atoms with van der Waals surface area (Å²) in [6, 6.07) is 6.08. The third-order valence-corrected chi connectivity index (χ3v) is 3.73. The van der Waals surface area contributed by atoms with Crippen LogP contribution in [0, 0.1) is 0 Å². The van der Waals surface area contributed by atoms with E-state index in [4.69, 9.17) is 4.74 Å². The summed E-state index contributed by atoms with van der Waals surface area (Å²) in [4.78, 5) is 14.1. The highest BCUT2D eigenvalue weighted by Gasteiger charge is 2.18. The van der Waals surface area contributed by atoms with E-state index in [1.165, 1.54) is 5.56 Å². The van der Waals surface area contributed by atoms with Crippen molar-refractivity contribution in [1.29, 1.82) is 0 Å². The molecule has 0 N–H and O–H groups in total. The van der Waals surface area contributed by atoms with Gasteiger partial charge in [-0.2, -0.15) is 0 Å². The summed E-state index contributed by atoms with van der Waals surface area (Å²) in [6.07, 6.45) is 2.79. The molecule has 0 atom stereocenters. The highest BCUT2D eigenvalue weighted by molar-refractivity contribution is 5.79. The van der Waals surface area contributed by atoms with Crippen LogP contribution in [0.25, 0.3) is 0 Å². The molecule has 0 spiro atoms. The van der Waals surface area contributed by atoms with Crippen LogP contribution in [0.1, 0.15) is 43.7 Å². The Hall–Kier alpha value is -1.51. The largest absolute Gasteiger partial charge is 0.496 e. The lowest BCUT2D eigenvalue weighted by molar-refractivity contribution is -0.129. The molecule has 1 heterocycles. The lowest BCUT2D eigenvalue weighted by Gasteiger charge is -2.17. The Labute approximate surface area is 115 Å². The van der Waals surface area contributed by atoms with Gasteiger partial charge in [-0.1, -0.05) is 26.0 Å². The van der Waals surface area contributed by atoms with Crippen molar-refractivity contribution in [2.75, 3.05) is 20.2 Å². The Balaban J connectivity index is 2.12. The first kappa shape index (κ1) is 13.9.